The van der Waals surface area contributed by atoms with E-state index in [0.29, 0.717) is 11.2 Å². The lowest BCUT2D eigenvalue weighted by Crippen LogP contribution is -2.50. The lowest BCUT2D eigenvalue weighted by molar-refractivity contribution is 0.141. The summed E-state index contributed by atoms with van der Waals surface area (Å²) in [7, 11) is 0. The van der Waals surface area contributed by atoms with Gasteiger partial charge in [0, 0.05) is 32.2 Å². The molecular weight excluding hydrogens is 318 g/mol. The fraction of sp³-hybridized carbons (Fsp3) is 0.316. The van der Waals surface area contributed by atoms with Gasteiger partial charge in [-0.15, -0.1) is 0 Å². The van der Waals surface area contributed by atoms with E-state index in [1.807, 2.05) is 42.5 Å². The summed E-state index contributed by atoms with van der Waals surface area (Å²) in [5.74, 6) is 1.71. The van der Waals surface area contributed by atoms with E-state index < -0.39 is 0 Å². The van der Waals surface area contributed by atoms with Crippen molar-refractivity contribution in [3.8, 4) is 11.5 Å². The highest BCUT2D eigenvalue weighted by Gasteiger charge is 2.22. The minimum Gasteiger partial charge on any atom is -0.457 e. The molecule has 0 bridgehead atoms. The van der Waals surface area contributed by atoms with Crippen LogP contribution in [0.1, 0.15) is 18.5 Å². The van der Waals surface area contributed by atoms with Gasteiger partial charge in [0.05, 0.1) is 0 Å². The third kappa shape index (κ3) is 4.04. The second-order valence-electron chi connectivity index (χ2n) is 6.02. The molecule has 0 saturated carbocycles. The average molecular weight is 341 g/mol. The number of piperazine rings is 1. The second kappa shape index (κ2) is 7.64. The Morgan fingerprint density at radius 3 is 2.12 bits per heavy atom. The van der Waals surface area contributed by atoms with E-state index in [1.165, 1.54) is 5.56 Å². The monoisotopic (exact) mass is 341 g/mol. The van der Waals surface area contributed by atoms with Crippen LogP contribution in [0, 0.1) is 0 Å². The molecule has 0 radical (unpaired) electrons. The highest BCUT2D eigenvalue weighted by molar-refractivity contribution is 7.80. The summed E-state index contributed by atoms with van der Waals surface area (Å²) in [6.45, 7) is 5.98. The van der Waals surface area contributed by atoms with Gasteiger partial charge in [0.1, 0.15) is 11.5 Å². The Balaban J connectivity index is 1.60. The largest absolute Gasteiger partial charge is 0.457 e. The van der Waals surface area contributed by atoms with E-state index in [-0.39, 0.29) is 0 Å². The first-order valence-electron chi connectivity index (χ1n) is 8.25. The number of nitrogens with zero attached hydrogens (tertiary/aromatic N) is 2. The van der Waals surface area contributed by atoms with Crippen molar-refractivity contribution in [2.75, 3.05) is 26.2 Å². The van der Waals surface area contributed by atoms with Crippen LogP contribution in [-0.4, -0.2) is 41.1 Å². The number of thiocarbonyl (C=S) groups is 1. The summed E-state index contributed by atoms with van der Waals surface area (Å²) in [6, 6.07) is 18.5. The Kier molecular flexibility index (Phi) is 5.33. The molecule has 1 fully saturated rings. The van der Waals surface area contributed by atoms with Crippen molar-refractivity contribution in [2.24, 2.45) is 5.73 Å². The molecule has 0 unspecified atom stereocenters. The first-order chi connectivity index (χ1) is 11.6. The Morgan fingerprint density at radius 1 is 0.958 bits per heavy atom. The molecule has 1 heterocycles. The molecule has 24 heavy (non-hydrogen) atoms. The lowest BCUT2D eigenvalue weighted by Gasteiger charge is -2.38. The van der Waals surface area contributed by atoms with Gasteiger partial charge in [-0.3, -0.25) is 4.90 Å². The Morgan fingerprint density at radius 2 is 1.54 bits per heavy atom. The molecule has 5 heteroatoms. The van der Waals surface area contributed by atoms with Gasteiger partial charge in [-0.05, 0) is 49.0 Å². The highest BCUT2D eigenvalue weighted by Crippen LogP contribution is 2.26. The number of para-hydroxylation sites is 1. The summed E-state index contributed by atoms with van der Waals surface area (Å²) in [5.41, 5.74) is 7.00. The molecule has 2 aromatic carbocycles. The van der Waals surface area contributed by atoms with Crippen LogP contribution in [0.15, 0.2) is 54.6 Å². The topological polar surface area (TPSA) is 41.7 Å². The predicted molar refractivity (Wildman–Crippen MR) is 101 cm³/mol. The molecule has 4 nitrogen and oxygen atoms in total. The van der Waals surface area contributed by atoms with E-state index in [9.17, 15) is 0 Å². The van der Waals surface area contributed by atoms with Crippen molar-refractivity contribution < 1.29 is 4.74 Å². The van der Waals surface area contributed by atoms with Crippen LogP contribution in [0.3, 0.4) is 0 Å². The van der Waals surface area contributed by atoms with E-state index in [0.717, 1.165) is 37.7 Å². The van der Waals surface area contributed by atoms with E-state index in [1.54, 1.807) is 0 Å². The van der Waals surface area contributed by atoms with Crippen LogP contribution in [0.25, 0.3) is 0 Å². The number of hydrogen-bond donors (Lipinski definition) is 1. The summed E-state index contributed by atoms with van der Waals surface area (Å²) < 4.78 is 5.85. The summed E-state index contributed by atoms with van der Waals surface area (Å²) in [4.78, 5) is 4.52. The molecule has 1 atom stereocenters. The van der Waals surface area contributed by atoms with Crippen LogP contribution in [0.4, 0.5) is 0 Å². The Hall–Kier alpha value is -2.11. The van der Waals surface area contributed by atoms with Gasteiger partial charge in [-0.2, -0.15) is 0 Å². The van der Waals surface area contributed by atoms with Crippen molar-refractivity contribution in [3.05, 3.63) is 60.2 Å². The molecule has 1 saturated heterocycles. The normalized spacial score (nSPS) is 16.6. The maximum Gasteiger partial charge on any atom is 0.166 e. The maximum absolute atomic E-state index is 5.85. The molecule has 0 aliphatic carbocycles. The number of nitrogens with two attached hydrogens (primary N) is 1. The van der Waals surface area contributed by atoms with Gasteiger partial charge in [0.25, 0.3) is 0 Å². The number of rotatable bonds is 4. The molecule has 1 aliphatic heterocycles. The quantitative estimate of drug-likeness (QED) is 0.863. The Labute approximate surface area is 148 Å². The van der Waals surface area contributed by atoms with Crippen molar-refractivity contribution in [2.45, 2.75) is 13.0 Å². The van der Waals surface area contributed by atoms with E-state index in [4.69, 9.17) is 22.7 Å². The minimum atomic E-state index is 0.365. The minimum absolute atomic E-state index is 0.365. The first-order valence-corrected chi connectivity index (χ1v) is 8.65. The van der Waals surface area contributed by atoms with Crippen molar-refractivity contribution in [3.63, 3.8) is 0 Å². The number of benzene rings is 2. The fourth-order valence-corrected chi connectivity index (χ4v) is 3.16. The van der Waals surface area contributed by atoms with Crippen molar-refractivity contribution in [1.82, 2.24) is 9.80 Å². The molecule has 0 amide bonds. The summed E-state index contributed by atoms with van der Waals surface area (Å²) in [5, 5.41) is 0.504. The third-order valence-corrected chi connectivity index (χ3v) is 4.77. The van der Waals surface area contributed by atoms with Gasteiger partial charge in [0.2, 0.25) is 0 Å². The van der Waals surface area contributed by atoms with Crippen LogP contribution in [0.5, 0.6) is 11.5 Å². The summed E-state index contributed by atoms with van der Waals surface area (Å²) >= 11 is 5.05. The third-order valence-electron chi connectivity index (χ3n) is 4.52. The number of ether oxygens (including phenoxy) is 1. The van der Waals surface area contributed by atoms with Crippen LogP contribution in [0.2, 0.25) is 0 Å². The zero-order chi connectivity index (χ0) is 16.9. The smallest absolute Gasteiger partial charge is 0.166 e. The fourth-order valence-electron chi connectivity index (χ4n) is 2.98. The van der Waals surface area contributed by atoms with Gasteiger partial charge >= 0.3 is 0 Å². The van der Waals surface area contributed by atoms with E-state index in [2.05, 4.69) is 28.9 Å². The molecular formula is C19H23N3OS. The highest BCUT2D eigenvalue weighted by atomic mass is 32.1. The molecule has 2 N–H and O–H groups in total. The first kappa shape index (κ1) is 16.7. The molecule has 1 aliphatic rings. The SMILES string of the molecule is C[C@@H](c1ccc(Oc2ccccc2)cc1)N1CCN(C(N)=S)CC1. The average Bonchev–Trinajstić information content (AvgIpc) is 2.63. The van der Waals surface area contributed by atoms with Gasteiger partial charge in [-0.1, -0.05) is 30.3 Å². The Bertz CT molecular complexity index is 667. The molecule has 0 spiro atoms. The number of hydrogen-bond acceptors (Lipinski definition) is 3. The molecule has 3 rings (SSSR count). The lowest BCUT2D eigenvalue weighted by atomic mass is 10.1. The molecule has 0 aromatic heterocycles. The zero-order valence-electron chi connectivity index (χ0n) is 13.9. The van der Waals surface area contributed by atoms with Crippen LogP contribution >= 0.6 is 12.2 Å². The second-order valence-corrected chi connectivity index (χ2v) is 6.44. The zero-order valence-corrected chi connectivity index (χ0v) is 14.7. The van der Waals surface area contributed by atoms with Crippen molar-refractivity contribution in [1.29, 1.82) is 0 Å². The molecule has 126 valence electrons. The summed E-state index contributed by atoms with van der Waals surface area (Å²) in [6.07, 6.45) is 0. The maximum atomic E-state index is 5.85. The van der Waals surface area contributed by atoms with Crippen LogP contribution < -0.4 is 10.5 Å². The molecule has 2 aromatic rings. The van der Waals surface area contributed by atoms with E-state index >= 15 is 0 Å². The van der Waals surface area contributed by atoms with Gasteiger partial charge < -0.3 is 15.4 Å². The van der Waals surface area contributed by atoms with Crippen LogP contribution in [-0.2, 0) is 0 Å². The van der Waals surface area contributed by atoms with Gasteiger partial charge in [0.15, 0.2) is 5.11 Å². The van der Waals surface area contributed by atoms with Crippen molar-refractivity contribution >= 4 is 17.3 Å². The van der Waals surface area contributed by atoms with Gasteiger partial charge in [-0.25, -0.2) is 0 Å². The predicted octanol–water partition coefficient (Wildman–Crippen LogP) is 3.40. The standard InChI is InChI=1S/C19H23N3OS/c1-15(21-11-13-22(14-12-21)19(20)24)16-7-9-18(10-8-16)23-17-5-3-2-4-6-17/h2-10,15H,11-14H2,1H3,(H2,20,24)/t15-/m0/s1.